The molecule has 1 atom stereocenters. The average Bonchev–Trinajstić information content (AvgIpc) is 3.01. The van der Waals surface area contributed by atoms with Crippen molar-refractivity contribution in [3.8, 4) is 0 Å². The van der Waals surface area contributed by atoms with Gasteiger partial charge in [-0.3, -0.25) is 0 Å². The monoisotopic (exact) mass is 407 g/mol. The Kier molecular flexibility index (Phi) is 5.68. The molecule has 0 bridgehead atoms. The Morgan fingerprint density at radius 3 is 2.95 bits per heavy atom. The fourth-order valence-electron chi connectivity index (χ4n) is 2.95. The molecule has 0 amide bonds. The summed E-state index contributed by atoms with van der Waals surface area (Å²) in [5.74, 6) is 0.716. The fraction of sp³-hybridized carbons (Fsp3) is 0.643. The largest absolute Gasteiger partial charge is 0.381 e. The Labute approximate surface area is 141 Å². The van der Waals surface area contributed by atoms with Crippen LogP contribution >= 0.6 is 35.3 Å². The zero-order valence-corrected chi connectivity index (χ0v) is 14.8. The lowest BCUT2D eigenvalue weighted by atomic mass is 9.90. The van der Waals surface area contributed by atoms with Crippen LogP contribution in [0.15, 0.2) is 21.8 Å². The second-order valence-electron chi connectivity index (χ2n) is 5.38. The summed E-state index contributed by atoms with van der Waals surface area (Å²) in [5.41, 5.74) is 7.59. The summed E-state index contributed by atoms with van der Waals surface area (Å²) < 4.78 is 5.28. The molecular formula is C14H22IN3OS. The lowest BCUT2D eigenvalue weighted by Gasteiger charge is -2.33. The van der Waals surface area contributed by atoms with Crippen molar-refractivity contribution in [2.75, 3.05) is 13.7 Å². The standard InChI is InChI=1S/C14H21N3OS.HI/c1-18-12-7-11(8-12)16-14(15)17-5-2-3-13(17)10-4-6-19-9-10;/h4,6,9,11-13H,2-3,5,7-8H2,1H3,(H2,15,16);1H. The van der Waals surface area contributed by atoms with Crippen LogP contribution in [-0.4, -0.2) is 36.7 Å². The lowest BCUT2D eigenvalue weighted by molar-refractivity contribution is 0.0281. The van der Waals surface area contributed by atoms with Crippen molar-refractivity contribution in [2.24, 2.45) is 10.7 Å². The van der Waals surface area contributed by atoms with Crippen molar-refractivity contribution in [1.29, 1.82) is 0 Å². The van der Waals surface area contributed by atoms with Crippen LogP contribution in [0, 0.1) is 0 Å². The van der Waals surface area contributed by atoms with Gasteiger partial charge >= 0.3 is 0 Å². The number of hydrogen-bond acceptors (Lipinski definition) is 3. The van der Waals surface area contributed by atoms with Gasteiger partial charge in [0.05, 0.1) is 18.2 Å². The predicted molar refractivity (Wildman–Crippen MR) is 93.9 cm³/mol. The van der Waals surface area contributed by atoms with Crippen molar-refractivity contribution in [3.63, 3.8) is 0 Å². The summed E-state index contributed by atoms with van der Waals surface area (Å²) in [4.78, 5) is 6.93. The molecule has 1 aliphatic carbocycles. The van der Waals surface area contributed by atoms with Crippen LogP contribution in [0.1, 0.15) is 37.3 Å². The molecule has 1 aromatic heterocycles. The van der Waals surface area contributed by atoms with Crippen molar-refractivity contribution in [3.05, 3.63) is 22.4 Å². The molecular weight excluding hydrogens is 385 g/mol. The van der Waals surface area contributed by atoms with E-state index in [-0.39, 0.29) is 24.0 Å². The van der Waals surface area contributed by atoms with E-state index >= 15 is 0 Å². The van der Waals surface area contributed by atoms with Gasteiger partial charge in [-0.15, -0.1) is 24.0 Å². The summed E-state index contributed by atoms with van der Waals surface area (Å²) >= 11 is 1.75. The number of nitrogens with two attached hydrogens (primary N) is 1. The maximum absolute atomic E-state index is 6.21. The second kappa shape index (κ2) is 7.09. The Balaban J connectivity index is 0.00000147. The summed E-state index contributed by atoms with van der Waals surface area (Å²) in [6.07, 6.45) is 4.77. The van der Waals surface area contributed by atoms with E-state index < -0.39 is 0 Å². The SMILES string of the molecule is COC1CC(N=C(N)N2CCCC2c2ccsc2)C1.I. The normalized spacial score (nSPS) is 29.9. The number of methoxy groups -OCH3 is 1. The van der Waals surface area contributed by atoms with Crippen LogP contribution in [-0.2, 0) is 4.74 Å². The van der Waals surface area contributed by atoms with Gasteiger partial charge in [0.15, 0.2) is 5.96 Å². The zero-order valence-electron chi connectivity index (χ0n) is 11.7. The number of rotatable bonds is 3. The second-order valence-corrected chi connectivity index (χ2v) is 6.16. The van der Waals surface area contributed by atoms with Crippen LogP contribution in [0.5, 0.6) is 0 Å². The average molecular weight is 407 g/mol. The van der Waals surface area contributed by atoms with E-state index in [0.29, 0.717) is 24.1 Å². The smallest absolute Gasteiger partial charge is 0.192 e. The van der Waals surface area contributed by atoms with Gasteiger partial charge in [-0.05, 0) is 48.1 Å². The van der Waals surface area contributed by atoms with Gasteiger partial charge in [0.25, 0.3) is 0 Å². The quantitative estimate of drug-likeness (QED) is 0.476. The van der Waals surface area contributed by atoms with E-state index in [4.69, 9.17) is 10.5 Å². The Morgan fingerprint density at radius 2 is 2.30 bits per heavy atom. The van der Waals surface area contributed by atoms with Crippen LogP contribution in [0.25, 0.3) is 0 Å². The number of aliphatic imine (C=N–C) groups is 1. The van der Waals surface area contributed by atoms with Gasteiger partial charge in [0.2, 0.25) is 0 Å². The lowest BCUT2D eigenvalue weighted by Crippen LogP contribution is -2.41. The minimum absolute atomic E-state index is 0. The predicted octanol–water partition coefficient (Wildman–Crippen LogP) is 3.00. The molecule has 1 aromatic rings. The van der Waals surface area contributed by atoms with E-state index in [1.807, 2.05) is 0 Å². The summed E-state index contributed by atoms with van der Waals surface area (Å²) in [6.45, 7) is 1.02. The summed E-state index contributed by atoms with van der Waals surface area (Å²) in [5, 5.41) is 4.36. The molecule has 20 heavy (non-hydrogen) atoms. The van der Waals surface area contributed by atoms with Gasteiger partial charge in [-0.25, -0.2) is 4.99 Å². The van der Waals surface area contributed by atoms with Crippen LogP contribution in [0.4, 0.5) is 0 Å². The molecule has 3 rings (SSSR count). The minimum Gasteiger partial charge on any atom is -0.381 e. The molecule has 6 heteroatoms. The van der Waals surface area contributed by atoms with Crippen molar-refractivity contribution >= 4 is 41.3 Å². The van der Waals surface area contributed by atoms with Gasteiger partial charge in [0.1, 0.15) is 0 Å². The highest BCUT2D eigenvalue weighted by Gasteiger charge is 2.32. The van der Waals surface area contributed by atoms with E-state index in [1.54, 1.807) is 18.4 Å². The van der Waals surface area contributed by atoms with Crippen LogP contribution in [0.3, 0.4) is 0 Å². The Morgan fingerprint density at radius 1 is 1.50 bits per heavy atom. The van der Waals surface area contributed by atoms with Crippen molar-refractivity contribution in [2.45, 2.75) is 43.9 Å². The zero-order chi connectivity index (χ0) is 13.2. The first-order valence-electron chi connectivity index (χ1n) is 6.92. The number of guanidine groups is 1. The van der Waals surface area contributed by atoms with Gasteiger partial charge in [-0.2, -0.15) is 11.3 Å². The highest BCUT2D eigenvalue weighted by atomic mass is 127. The minimum atomic E-state index is 0. The van der Waals surface area contributed by atoms with E-state index in [2.05, 4.69) is 26.7 Å². The number of hydrogen-bond donors (Lipinski definition) is 1. The third kappa shape index (κ3) is 3.28. The van der Waals surface area contributed by atoms with Gasteiger partial charge in [-0.1, -0.05) is 0 Å². The molecule has 0 spiro atoms. The molecule has 1 saturated carbocycles. The van der Waals surface area contributed by atoms with E-state index in [0.717, 1.165) is 19.4 Å². The highest BCUT2D eigenvalue weighted by Crippen LogP contribution is 2.33. The summed E-state index contributed by atoms with van der Waals surface area (Å²) in [6, 6.07) is 2.98. The Hall–Kier alpha value is -0.340. The first-order chi connectivity index (χ1) is 9.28. The molecule has 4 nitrogen and oxygen atoms in total. The maximum Gasteiger partial charge on any atom is 0.192 e. The molecule has 0 aromatic carbocycles. The maximum atomic E-state index is 6.21. The highest BCUT2D eigenvalue weighted by molar-refractivity contribution is 14.0. The molecule has 1 saturated heterocycles. The fourth-order valence-corrected chi connectivity index (χ4v) is 3.66. The number of halogens is 1. The van der Waals surface area contributed by atoms with E-state index in [1.165, 1.54) is 18.4 Å². The molecule has 2 N–H and O–H groups in total. The molecule has 2 aliphatic rings. The topological polar surface area (TPSA) is 50.9 Å². The Bertz CT molecular complexity index is 445. The third-order valence-electron chi connectivity index (χ3n) is 4.19. The van der Waals surface area contributed by atoms with Gasteiger partial charge in [0, 0.05) is 13.7 Å². The van der Waals surface area contributed by atoms with Crippen molar-refractivity contribution in [1.82, 2.24) is 4.90 Å². The van der Waals surface area contributed by atoms with Crippen LogP contribution < -0.4 is 5.73 Å². The number of ether oxygens (including phenoxy) is 1. The number of likely N-dealkylation sites (tertiary alicyclic amines) is 1. The molecule has 0 radical (unpaired) electrons. The number of thiophene rings is 1. The first-order valence-corrected chi connectivity index (χ1v) is 7.87. The molecule has 1 aliphatic heterocycles. The van der Waals surface area contributed by atoms with Crippen LogP contribution in [0.2, 0.25) is 0 Å². The van der Waals surface area contributed by atoms with Gasteiger partial charge < -0.3 is 15.4 Å². The number of nitrogens with zero attached hydrogens (tertiary/aromatic N) is 2. The van der Waals surface area contributed by atoms with Crippen molar-refractivity contribution < 1.29 is 4.74 Å². The molecule has 2 fully saturated rings. The molecule has 2 heterocycles. The van der Waals surface area contributed by atoms with E-state index in [9.17, 15) is 0 Å². The first kappa shape index (κ1) is 16.0. The molecule has 1 unspecified atom stereocenters. The molecule has 112 valence electrons. The third-order valence-corrected chi connectivity index (χ3v) is 4.89. The summed E-state index contributed by atoms with van der Waals surface area (Å²) in [7, 11) is 1.76.